The second-order valence-electron chi connectivity index (χ2n) is 4.01. The summed E-state index contributed by atoms with van der Waals surface area (Å²) in [5.74, 6) is 0.842. The van der Waals surface area contributed by atoms with Gasteiger partial charge in [-0.1, -0.05) is 12.2 Å². The minimum atomic E-state index is -4.46. The molecule has 19 heavy (non-hydrogen) atoms. The lowest BCUT2D eigenvalue weighted by molar-refractivity contribution is -0.137. The second-order valence-corrected chi connectivity index (χ2v) is 5.43. The summed E-state index contributed by atoms with van der Waals surface area (Å²) in [6, 6.07) is 4.02. The van der Waals surface area contributed by atoms with Gasteiger partial charge in [-0.2, -0.15) is 24.9 Å². The van der Waals surface area contributed by atoms with Crippen LogP contribution < -0.4 is 10.6 Å². The summed E-state index contributed by atoms with van der Waals surface area (Å²) in [6.07, 6.45) is -2.51. The van der Waals surface area contributed by atoms with Gasteiger partial charge in [-0.15, -0.1) is 0 Å². The third-order valence-corrected chi connectivity index (χ3v) is 3.46. The fraction of sp³-hybridized carbons (Fsp3) is 0.417. The first-order valence-electron chi connectivity index (χ1n) is 5.48. The maximum absolute atomic E-state index is 13.0. The number of nitrogens with two attached hydrogens (primary N) is 1. The smallest absolute Gasteiger partial charge is 0.389 e. The lowest BCUT2D eigenvalue weighted by Gasteiger charge is -2.21. The van der Waals surface area contributed by atoms with E-state index in [1.165, 1.54) is 6.07 Å². The Hall–Kier alpha value is -0.950. The number of rotatable bonds is 5. The van der Waals surface area contributed by atoms with Crippen LogP contribution in [0.3, 0.4) is 0 Å². The van der Waals surface area contributed by atoms with Gasteiger partial charge in [0.1, 0.15) is 4.99 Å². The fourth-order valence-electron chi connectivity index (χ4n) is 1.58. The van der Waals surface area contributed by atoms with E-state index < -0.39 is 11.7 Å². The minimum absolute atomic E-state index is 0.135. The Bertz CT molecular complexity index is 461. The lowest BCUT2D eigenvalue weighted by Crippen LogP contribution is -2.23. The third-order valence-electron chi connectivity index (χ3n) is 2.65. The molecule has 1 aromatic rings. The highest BCUT2D eigenvalue weighted by molar-refractivity contribution is 7.98. The predicted molar refractivity (Wildman–Crippen MR) is 79.0 cm³/mol. The van der Waals surface area contributed by atoms with Crippen LogP contribution in [0.5, 0.6) is 0 Å². The highest BCUT2D eigenvalue weighted by Crippen LogP contribution is 2.34. The third kappa shape index (κ3) is 4.28. The van der Waals surface area contributed by atoms with Crippen LogP contribution in [0.25, 0.3) is 0 Å². The number of halogens is 3. The Morgan fingerprint density at radius 3 is 2.53 bits per heavy atom. The van der Waals surface area contributed by atoms with Gasteiger partial charge in [-0.3, -0.25) is 0 Å². The SMILES string of the molecule is CSCCN(C)c1ccc(C(N)=S)c(C(F)(F)F)c1. The molecule has 0 aromatic heterocycles. The molecule has 7 heteroatoms. The van der Waals surface area contributed by atoms with Crippen molar-refractivity contribution in [3.8, 4) is 0 Å². The summed E-state index contributed by atoms with van der Waals surface area (Å²) in [5.41, 5.74) is 4.91. The zero-order valence-electron chi connectivity index (χ0n) is 10.6. The Labute approximate surface area is 120 Å². The van der Waals surface area contributed by atoms with E-state index in [0.29, 0.717) is 12.2 Å². The van der Waals surface area contributed by atoms with Crippen molar-refractivity contribution < 1.29 is 13.2 Å². The van der Waals surface area contributed by atoms with E-state index in [1.807, 2.05) is 6.26 Å². The van der Waals surface area contributed by atoms with E-state index in [1.54, 1.807) is 29.8 Å². The molecular weight excluding hydrogens is 293 g/mol. The first kappa shape index (κ1) is 16.1. The Balaban J connectivity index is 3.15. The molecule has 0 saturated carbocycles. The maximum Gasteiger partial charge on any atom is 0.417 e. The van der Waals surface area contributed by atoms with Gasteiger partial charge in [-0.25, -0.2) is 0 Å². The van der Waals surface area contributed by atoms with E-state index in [4.69, 9.17) is 5.73 Å². The zero-order chi connectivity index (χ0) is 14.6. The van der Waals surface area contributed by atoms with E-state index in [2.05, 4.69) is 12.2 Å². The van der Waals surface area contributed by atoms with E-state index >= 15 is 0 Å². The van der Waals surface area contributed by atoms with Crippen molar-refractivity contribution >= 4 is 34.7 Å². The molecule has 0 atom stereocenters. The molecule has 0 spiro atoms. The first-order valence-corrected chi connectivity index (χ1v) is 7.28. The topological polar surface area (TPSA) is 29.3 Å². The second kappa shape index (κ2) is 6.47. The zero-order valence-corrected chi connectivity index (χ0v) is 12.3. The van der Waals surface area contributed by atoms with Crippen LogP contribution in [0.4, 0.5) is 18.9 Å². The molecule has 1 rings (SSSR count). The van der Waals surface area contributed by atoms with Gasteiger partial charge in [0.2, 0.25) is 0 Å². The molecule has 0 amide bonds. The summed E-state index contributed by atoms with van der Waals surface area (Å²) in [7, 11) is 1.76. The molecule has 0 saturated heterocycles. The number of anilines is 1. The average molecular weight is 308 g/mol. The van der Waals surface area contributed by atoms with Gasteiger partial charge >= 0.3 is 6.18 Å². The van der Waals surface area contributed by atoms with Crippen LogP contribution in [0.15, 0.2) is 18.2 Å². The standard InChI is InChI=1S/C12H15F3N2S2/c1-17(5-6-19-2)8-3-4-9(11(16)18)10(7-8)12(13,14)15/h3-4,7H,5-6H2,1-2H3,(H2,16,18). The van der Waals surface area contributed by atoms with Crippen molar-refractivity contribution in [3.63, 3.8) is 0 Å². The van der Waals surface area contributed by atoms with Crippen molar-refractivity contribution in [2.45, 2.75) is 6.18 Å². The van der Waals surface area contributed by atoms with Crippen LogP contribution in [-0.4, -0.2) is 30.6 Å². The van der Waals surface area contributed by atoms with Gasteiger partial charge in [0.05, 0.1) is 5.56 Å². The molecule has 1 aromatic carbocycles. The predicted octanol–water partition coefficient (Wildman–Crippen LogP) is 3.14. The van der Waals surface area contributed by atoms with Crippen molar-refractivity contribution in [2.75, 3.05) is 30.5 Å². The van der Waals surface area contributed by atoms with E-state index in [9.17, 15) is 13.2 Å². The number of benzene rings is 1. The number of thiocarbonyl (C=S) groups is 1. The molecule has 0 heterocycles. The monoisotopic (exact) mass is 308 g/mol. The Kier molecular flexibility index (Phi) is 5.49. The molecule has 2 N–H and O–H groups in total. The van der Waals surface area contributed by atoms with Gasteiger partial charge in [0.15, 0.2) is 0 Å². The van der Waals surface area contributed by atoms with Crippen molar-refractivity contribution in [2.24, 2.45) is 5.73 Å². The van der Waals surface area contributed by atoms with Gasteiger partial charge in [0.25, 0.3) is 0 Å². The Morgan fingerprint density at radius 1 is 1.42 bits per heavy atom. The molecule has 0 bridgehead atoms. The Morgan fingerprint density at radius 2 is 2.05 bits per heavy atom. The molecule has 0 aliphatic heterocycles. The van der Waals surface area contributed by atoms with Crippen LogP contribution in [0.2, 0.25) is 0 Å². The fourth-order valence-corrected chi connectivity index (χ4v) is 2.21. The summed E-state index contributed by atoms with van der Waals surface area (Å²) in [4.78, 5) is 1.53. The van der Waals surface area contributed by atoms with Crippen LogP contribution >= 0.6 is 24.0 Å². The largest absolute Gasteiger partial charge is 0.417 e. The average Bonchev–Trinajstić information content (AvgIpc) is 2.34. The van der Waals surface area contributed by atoms with Crippen molar-refractivity contribution in [1.29, 1.82) is 0 Å². The van der Waals surface area contributed by atoms with Crippen LogP contribution in [0.1, 0.15) is 11.1 Å². The van der Waals surface area contributed by atoms with Crippen molar-refractivity contribution in [3.05, 3.63) is 29.3 Å². The highest BCUT2D eigenvalue weighted by Gasteiger charge is 2.34. The summed E-state index contributed by atoms with van der Waals surface area (Å²) in [6.45, 7) is 0.672. The number of alkyl halides is 3. The molecule has 2 nitrogen and oxygen atoms in total. The molecule has 0 fully saturated rings. The van der Waals surface area contributed by atoms with E-state index in [-0.39, 0.29) is 10.6 Å². The quantitative estimate of drug-likeness (QED) is 0.846. The van der Waals surface area contributed by atoms with Crippen molar-refractivity contribution in [1.82, 2.24) is 0 Å². The number of thioether (sulfide) groups is 1. The molecule has 0 radical (unpaired) electrons. The molecule has 0 aliphatic carbocycles. The van der Waals surface area contributed by atoms with Crippen LogP contribution in [-0.2, 0) is 6.18 Å². The minimum Gasteiger partial charge on any atom is -0.389 e. The molecule has 106 valence electrons. The van der Waals surface area contributed by atoms with E-state index in [0.717, 1.165) is 11.8 Å². The number of hydrogen-bond acceptors (Lipinski definition) is 3. The van der Waals surface area contributed by atoms with Crippen LogP contribution in [0, 0.1) is 0 Å². The van der Waals surface area contributed by atoms with Gasteiger partial charge in [0, 0.05) is 30.6 Å². The summed E-state index contributed by atoms with van der Waals surface area (Å²) >= 11 is 6.30. The number of nitrogens with zero attached hydrogens (tertiary/aromatic N) is 1. The summed E-state index contributed by atoms with van der Waals surface area (Å²) in [5, 5.41) is 0. The molecule has 0 unspecified atom stereocenters. The maximum atomic E-state index is 13.0. The molecular formula is C12H15F3N2S2. The number of hydrogen-bond donors (Lipinski definition) is 1. The summed E-state index contributed by atoms with van der Waals surface area (Å²) < 4.78 is 38.9. The first-order chi connectivity index (χ1) is 8.77. The lowest BCUT2D eigenvalue weighted by atomic mass is 10.1. The highest BCUT2D eigenvalue weighted by atomic mass is 32.2. The van der Waals surface area contributed by atoms with Gasteiger partial charge < -0.3 is 10.6 Å². The normalized spacial score (nSPS) is 11.4. The van der Waals surface area contributed by atoms with Gasteiger partial charge in [-0.05, 0) is 24.5 Å². The molecule has 0 aliphatic rings.